The number of hydrogen-bond donors (Lipinski definition) is 3. The second kappa shape index (κ2) is 11.3. The first-order chi connectivity index (χ1) is 13.4. The topological polar surface area (TPSA) is 91.8 Å². The summed E-state index contributed by atoms with van der Waals surface area (Å²) < 4.78 is 59.0. The molecular formula is C18H28F2N4O3S. The maximum Gasteiger partial charge on any atom is 0.213 e. The number of aliphatic imine (C=N–C) groups is 1. The second-order valence-electron chi connectivity index (χ2n) is 6.57. The van der Waals surface area contributed by atoms with Gasteiger partial charge in [0.1, 0.15) is 11.6 Å². The van der Waals surface area contributed by atoms with E-state index in [1.54, 1.807) is 7.05 Å². The molecule has 1 saturated heterocycles. The van der Waals surface area contributed by atoms with Gasteiger partial charge < -0.3 is 15.4 Å². The number of sulfonamides is 1. The molecule has 0 spiro atoms. The zero-order valence-electron chi connectivity index (χ0n) is 16.0. The van der Waals surface area contributed by atoms with Gasteiger partial charge in [0.15, 0.2) is 5.96 Å². The molecule has 1 aromatic rings. The minimum Gasteiger partial charge on any atom is -0.377 e. The average molecular weight is 419 g/mol. The van der Waals surface area contributed by atoms with Crippen LogP contribution in [0.1, 0.15) is 24.8 Å². The third kappa shape index (κ3) is 8.07. The van der Waals surface area contributed by atoms with E-state index in [9.17, 15) is 17.2 Å². The van der Waals surface area contributed by atoms with E-state index in [1.807, 2.05) is 0 Å². The van der Waals surface area contributed by atoms with Crippen LogP contribution in [0.2, 0.25) is 0 Å². The van der Waals surface area contributed by atoms with Gasteiger partial charge in [-0.05, 0) is 49.4 Å². The zero-order valence-corrected chi connectivity index (χ0v) is 16.8. The van der Waals surface area contributed by atoms with Crippen LogP contribution in [0, 0.1) is 11.6 Å². The van der Waals surface area contributed by atoms with Crippen molar-refractivity contribution in [1.29, 1.82) is 0 Å². The SMILES string of the molecule is CN=C(NCCc1cc(F)ccc1F)NCCS(=O)(=O)NCC1CCCCO1. The Hall–Kier alpha value is -1.78. The molecule has 10 heteroatoms. The summed E-state index contributed by atoms with van der Waals surface area (Å²) in [5.74, 6) is -0.679. The van der Waals surface area contributed by atoms with E-state index in [1.165, 1.54) is 0 Å². The van der Waals surface area contributed by atoms with E-state index >= 15 is 0 Å². The number of nitrogens with zero attached hydrogens (tertiary/aromatic N) is 1. The molecule has 0 aliphatic carbocycles. The fourth-order valence-corrected chi connectivity index (χ4v) is 3.79. The van der Waals surface area contributed by atoms with Gasteiger partial charge in [-0.15, -0.1) is 0 Å². The monoisotopic (exact) mass is 418 g/mol. The number of ether oxygens (including phenoxy) is 1. The summed E-state index contributed by atoms with van der Waals surface area (Å²) in [7, 11) is -1.88. The molecule has 158 valence electrons. The first-order valence-electron chi connectivity index (χ1n) is 9.37. The molecule has 1 unspecified atom stereocenters. The van der Waals surface area contributed by atoms with Crippen LogP contribution in [-0.2, 0) is 21.2 Å². The Morgan fingerprint density at radius 1 is 1.25 bits per heavy atom. The number of nitrogens with one attached hydrogen (secondary N) is 3. The molecule has 1 heterocycles. The molecule has 1 atom stereocenters. The summed E-state index contributed by atoms with van der Waals surface area (Å²) in [5.41, 5.74) is 0.264. The molecule has 3 N–H and O–H groups in total. The highest BCUT2D eigenvalue weighted by atomic mass is 32.2. The van der Waals surface area contributed by atoms with Crippen LogP contribution in [0.5, 0.6) is 0 Å². The van der Waals surface area contributed by atoms with Gasteiger partial charge in [0.25, 0.3) is 0 Å². The highest BCUT2D eigenvalue weighted by Gasteiger charge is 2.17. The van der Waals surface area contributed by atoms with Gasteiger partial charge in [-0.2, -0.15) is 0 Å². The highest BCUT2D eigenvalue weighted by Crippen LogP contribution is 2.12. The lowest BCUT2D eigenvalue weighted by Crippen LogP contribution is -2.43. The summed E-state index contributed by atoms with van der Waals surface area (Å²) in [4.78, 5) is 3.99. The van der Waals surface area contributed by atoms with E-state index in [4.69, 9.17) is 4.74 Å². The van der Waals surface area contributed by atoms with Crippen molar-refractivity contribution in [2.24, 2.45) is 4.99 Å². The van der Waals surface area contributed by atoms with Crippen molar-refractivity contribution in [2.75, 3.05) is 39.0 Å². The number of benzene rings is 1. The molecule has 0 aromatic heterocycles. The smallest absolute Gasteiger partial charge is 0.213 e. The maximum absolute atomic E-state index is 13.6. The lowest BCUT2D eigenvalue weighted by molar-refractivity contribution is 0.0200. The van der Waals surface area contributed by atoms with Crippen molar-refractivity contribution in [2.45, 2.75) is 31.8 Å². The Kier molecular flexibility index (Phi) is 9.07. The Bertz CT molecular complexity index is 753. The first-order valence-corrected chi connectivity index (χ1v) is 11.0. The third-order valence-corrected chi connectivity index (χ3v) is 5.73. The Morgan fingerprint density at radius 3 is 2.75 bits per heavy atom. The molecule has 0 radical (unpaired) electrons. The van der Waals surface area contributed by atoms with Gasteiger partial charge in [0.05, 0.1) is 11.9 Å². The molecule has 2 rings (SSSR count). The Labute approximate surface area is 165 Å². The molecule has 1 aliphatic heterocycles. The van der Waals surface area contributed by atoms with Gasteiger partial charge in [-0.25, -0.2) is 21.9 Å². The maximum atomic E-state index is 13.6. The molecule has 1 fully saturated rings. The van der Waals surface area contributed by atoms with Crippen molar-refractivity contribution in [3.8, 4) is 0 Å². The predicted molar refractivity (Wildman–Crippen MR) is 105 cm³/mol. The van der Waals surface area contributed by atoms with Crippen molar-refractivity contribution in [3.63, 3.8) is 0 Å². The van der Waals surface area contributed by atoms with Crippen LogP contribution in [0.3, 0.4) is 0 Å². The molecule has 1 aliphatic rings. The zero-order chi connectivity index (χ0) is 20.4. The van der Waals surface area contributed by atoms with Crippen molar-refractivity contribution < 1.29 is 21.9 Å². The number of guanidine groups is 1. The predicted octanol–water partition coefficient (Wildman–Crippen LogP) is 1.16. The normalized spacial score (nSPS) is 18.1. The largest absolute Gasteiger partial charge is 0.377 e. The van der Waals surface area contributed by atoms with E-state index < -0.39 is 21.7 Å². The number of hydrogen-bond acceptors (Lipinski definition) is 4. The highest BCUT2D eigenvalue weighted by molar-refractivity contribution is 7.89. The number of halogens is 2. The summed E-state index contributed by atoms with van der Waals surface area (Å²) in [6.45, 7) is 1.45. The van der Waals surface area contributed by atoms with Crippen molar-refractivity contribution in [1.82, 2.24) is 15.4 Å². The van der Waals surface area contributed by atoms with Crippen molar-refractivity contribution >= 4 is 16.0 Å². The van der Waals surface area contributed by atoms with Gasteiger partial charge in [0, 0.05) is 33.3 Å². The lowest BCUT2D eigenvalue weighted by atomic mass is 10.1. The standard InChI is InChI=1S/C18H28F2N4O3S/c1-21-18(22-8-7-14-12-15(19)5-6-17(14)20)23-9-11-28(25,26)24-13-16-4-2-3-10-27-16/h5-6,12,16,24H,2-4,7-11,13H2,1H3,(H2,21,22,23). The minimum atomic E-state index is -3.43. The Balaban J connectivity index is 1.67. The summed E-state index contributed by atoms with van der Waals surface area (Å²) in [6.07, 6.45) is 3.14. The first kappa shape index (κ1) is 22.5. The molecule has 0 bridgehead atoms. The summed E-state index contributed by atoms with van der Waals surface area (Å²) in [6, 6.07) is 3.32. The van der Waals surface area contributed by atoms with Crippen LogP contribution < -0.4 is 15.4 Å². The fourth-order valence-electron chi connectivity index (χ4n) is 2.84. The molecule has 28 heavy (non-hydrogen) atoms. The number of rotatable bonds is 9. The van der Waals surface area contributed by atoms with Crippen molar-refractivity contribution in [3.05, 3.63) is 35.4 Å². The van der Waals surface area contributed by atoms with Crippen LogP contribution >= 0.6 is 0 Å². The van der Waals surface area contributed by atoms with Crippen LogP contribution in [-0.4, -0.2) is 59.5 Å². The van der Waals surface area contributed by atoms with E-state index in [2.05, 4.69) is 20.3 Å². The molecule has 0 amide bonds. The van der Waals surface area contributed by atoms with Gasteiger partial charge in [-0.1, -0.05) is 0 Å². The average Bonchev–Trinajstić information content (AvgIpc) is 2.68. The van der Waals surface area contributed by atoms with Crippen LogP contribution in [0.4, 0.5) is 8.78 Å². The molecule has 0 saturated carbocycles. The quantitative estimate of drug-likeness (QED) is 0.414. The van der Waals surface area contributed by atoms with E-state index in [0.717, 1.165) is 37.5 Å². The fraction of sp³-hybridized carbons (Fsp3) is 0.611. The van der Waals surface area contributed by atoms with Crippen LogP contribution in [0.15, 0.2) is 23.2 Å². The van der Waals surface area contributed by atoms with Gasteiger partial charge >= 0.3 is 0 Å². The third-order valence-electron chi connectivity index (χ3n) is 4.39. The minimum absolute atomic E-state index is 0.0610. The van der Waals surface area contributed by atoms with E-state index in [0.29, 0.717) is 19.1 Å². The molecule has 1 aromatic carbocycles. The summed E-state index contributed by atoms with van der Waals surface area (Å²) in [5, 5.41) is 5.85. The molecule has 7 nitrogen and oxygen atoms in total. The second-order valence-corrected chi connectivity index (χ2v) is 8.49. The van der Waals surface area contributed by atoms with Gasteiger partial charge in [-0.3, -0.25) is 4.99 Å². The summed E-state index contributed by atoms with van der Waals surface area (Å²) >= 11 is 0. The van der Waals surface area contributed by atoms with Gasteiger partial charge in [0.2, 0.25) is 10.0 Å². The lowest BCUT2D eigenvalue weighted by Gasteiger charge is -2.22. The Morgan fingerprint density at radius 2 is 2.04 bits per heavy atom. The van der Waals surface area contributed by atoms with E-state index in [-0.39, 0.29) is 36.9 Å². The molecular weight excluding hydrogens is 390 g/mol. The van der Waals surface area contributed by atoms with Crippen LogP contribution in [0.25, 0.3) is 0 Å².